The smallest absolute Gasteiger partial charge is 0.151 e. The minimum atomic E-state index is -3.02. The number of sulfone groups is 1. The molecule has 1 aliphatic rings. The zero-order chi connectivity index (χ0) is 22.6. The van der Waals surface area contributed by atoms with Gasteiger partial charge >= 0.3 is 0 Å². The quantitative estimate of drug-likeness (QED) is 0.636. The van der Waals surface area contributed by atoms with Crippen LogP contribution in [-0.4, -0.2) is 55.2 Å². The minimum Gasteiger partial charge on any atom is -0.491 e. The van der Waals surface area contributed by atoms with Crippen LogP contribution in [0.4, 0.5) is 0 Å². The van der Waals surface area contributed by atoms with Crippen molar-refractivity contribution in [3.63, 3.8) is 0 Å². The first-order valence-electron chi connectivity index (χ1n) is 10.6. The van der Waals surface area contributed by atoms with Crippen LogP contribution in [0, 0.1) is 0 Å². The van der Waals surface area contributed by atoms with Gasteiger partial charge in [-0.2, -0.15) is 0 Å². The summed E-state index contributed by atoms with van der Waals surface area (Å²) in [7, 11) is -3.02. The van der Waals surface area contributed by atoms with E-state index in [9.17, 15) is 13.5 Å². The van der Waals surface area contributed by atoms with Crippen LogP contribution < -0.4 is 4.74 Å². The molecule has 0 bridgehead atoms. The number of ether oxygens (including phenoxy) is 1. The minimum absolute atomic E-state index is 0.0763. The van der Waals surface area contributed by atoms with Crippen molar-refractivity contribution in [3.8, 4) is 5.75 Å². The molecule has 31 heavy (non-hydrogen) atoms. The van der Waals surface area contributed by atoms with Crippen molar-refractivity contribution in [2.75, 3.05) is 24.7 Å². The molecule has 0 spiro atoms. The van der Waals surface area contributed by atoms with Crippen LogP contribution in [0.1, 0.15) is 38.3 Å². The molecule has 0 radical (unpaired) electrons. The molecule has 2 aromatic rings. The number of aliphatic hydroxyl groups excluding tert-OH is 1. The van der Waals surface area contributed by atoms with E-state index in [-0.39, 0.29) is 29.6 Å². The lowest BCUT2D eigenvalue weighted by molar-refractivity contribution is 0.0525. The highest BCUT2D eigenvalue weighted by Crippen LogP contribution is 2.24. The lowest BCUT2D eigenvalue weighted by atomic mass is 9.86. The summed E-state index contributed by atoms with van der Waals surface area (Å²) in [6.45, 7) is 7.58. The second-order valence-electron chi connectivity index (χ2n) is 9.35. The van der Waals surface area contributed by atoms with E-state index < -0.39 is 15.9 Å². The van der Waals surface area contributed by atoms with Gasteiger partial charge in [-0.1, -0.05) is 56.6 Å². The van der Waals surface area contributed by atoms with Crippen molar-refractivity contribution in [2.24, 2.45) is 0 Å². The zero-order valence-corrected chi connectivity index (χ0v) is 20.0. The van der Waals surface area contributed by atoms with Crippen molar-refractivity contribution in [2.45, 2.75) is 51.3 Å². The number of hydrogen-bond acceptors (Lipinski definition) is 5. The van der Waals surface area contributed by atoms with Crippen molar-refractivity contribution in [3.05, 3.63) is 64.7 Å². The van der Waals surface area contributed by atoms with Gasteiger partial charge in [0.25, 0.3) is 0 Å². The highest BCUT2D eigenvalue weighted by atomic mass is 35.5. The van der Waals surface area contributed by atoms with E-state index in [0.717, 1.165) is 5.56 Å². The van der Waals surface area contributed by atoms with Gasteiger partial charge in [0.15, 0.2) is 9.84 Å². The standard InChI is InChI=1S/C24H32ClNO4S/c1-24(2,3)19-6-4-18(5-7-19)14-26(21-12-13-31(28,29)17-21)15-22(27)16-30-23-10-8-20(25)9-11-23/h4-11,21-22,27H,12-17H2,1-3H3/t21-,22+/m1/s1. The van der Waals surface area contributed by atoms with Gasteiger partial charge in [0, 0.05) is 24.2 Å². The third-order valence-corrected chi connectivity index (χ3v) is 7.63. The van der Waals surface area contributed by atoms with Gasteiger partial charge in [-0.25, -0.2) is 8.42 Å². The number of benzene rings is 2. The summed E-state index contributed by atoms with van der Waals surface area (Å²) in [6.07, 6.45) is -0.152. The van der Waals surface area contributed by atoms with Crippen LogP contribution in [0.25, 0.3) is 0 Å². The van der Waals surface area contributed by atoms with Gasteiger partial charge < -0.3 is 9.84 Å². The van der Waals surface area contributed by atoms with Crippen molar-refractivity contribution >= 4 is 21.4 Å². The molecule has 0 unspecified atom stereocenters. The second kappa shape index (κ2) is 9.90. The number of hydrogen-bond donors (Lipinski definition) is 1. The molecule has 1 heterocycles. The zero-order valence-electron chi connectivity index (χ0n) is 18.4. The molecule has 3 rings (SSSR count). The van der Waals surface area contributed by atoms with Gasteiger partial charge in [-0.15, -0.1) is 0 Å². The van der Waals surface area contributed by atoms with Crippen molar-refractivity contribution < 1.29 is 18.3 Å². The first-order valence-corrected chi connectivity index (χ1v) is 12.8. The third-order valence-electron chi connectivity index (χ3n) is 5.63. The summed E-state index contributed by atoms with van der Waals surface area (Å²) in [6, 6.07) is 15.3. The van der Waals surface area contributed by atoms with Crippen LogP contribution >= 0.6 is 11.6 Å². The molecule has 1 N–H and O–H groups in total. The van der Waals surface area contributed by atoms with Crippen LogP contribution in [0.2, 0.25) is 5.02 Å². The maximum absolute atomic E-state index is 12.1. The normalized spacial score (nSPS) is 19.5. The van der Waals surface area contributed by atoms with Crippen molar-refractivity contribution in [1.82, 2.24) is 4.90 Å². The van der Waals surface area contributed by atoms with Crippen LogP contribution in [-0.2, 0) is 21.8 Å². The Morgan fingerprint density at radius 3 is 2.32 bits per heavy atom. The number of nitrogens with zero attached hydrogens (tertiary/aromatic N) is 1. The average molecular weight is 466 g/mol. The van der Waals surface area contributed by atoms with Crippen LogP contribution in [0.3, 0.4) is 0 Å². The molecule has 1 fully saturated rings. The largest absolute Gasteiger partial charge is 0.491 e. The fraction of sp³-hybridized carbons (Fsp3) is 0.500. The van der Waals surface area contributed by atoms with E-state index in [1.807, 2.05) is 0 Å². The van der Waals surface area contributed by atoms with Gasteiger partial charge in [0.1, 0.15) is 18.5 Å². The summed E-state index contributed by atoms with van der Waals surface area (Å²) in [5.74, 6) is 0.975. The second-order valence-corrected chi connectivity index (χ2v) is 12.0. The molecular formula is C24H32ClNO4S. The first kappa shape index (κ1) is 24.1. The maximum Gasteiger partial charge on any atom is 0.151 e. The van der Waals surface area contributed by atoms with Gasteiger partial charge in [-0.3, -0.25) is 4.90 Å². The molecular weight excluding hydrogens is 434 g/mol. The SMILES string of the molecule is CC(C)(C)c1ccc(CN(C[C@H](O)COc2ccc(Cl)cc2)[C@@H]2CCS(=O)(=O)C2)cc1. The molecule has 5 nitrogen and oxygen atoms in total. The predicted molar refractivity (Wildman–Crippen MR) is 126 cm³/mol. The topological polar surface area (TPSA) is 66.8 Å². The fourth-order valence-electron chi connectivity index (χ4n) is 3.80. The van der Waals surface area contributed by atoms with Crippen LogP contribution in [0.5, 0.6) is 5.75 Å². The average Bonchev–Trinajstić information content (AvgIpc) is 3.06. The highest BCUT2D eigenvalue weighted by Gasteiger charge is 2.33. The Labute approximate surface area is 190 Å². The van der Waals surface area contributed by atoms with E-state index in [2.05, 4.69) is 49.9 Å². The van der Waals surface area contributed by atoms with E-state index in [1.165, 1.54) is 5.56 Å². The van der Waals surface area contributed by atoms with E-state index >= 15 is 0 Å². The van der Waals surface area contributed by atoms with E-state index in [0.29, 0.717) is 30.3 Å². The van der Waals surface area contributed by atoms with Gasteiger partial charge in [0.05, 0.1) is 11.5 Å². The third kappa shape index (κ3) is 7.21. The Morgan fingerprint density at radius 2 is 1.77 bits per heavy atom. The molecule has 170 valence electrons. The summed E-state index contributed by atoms with van der Waals surface area (Å²) in [5.41, 5.74) is 2.43. The summed E-state index contributed by atoms with van der Waals surface area (Å²) < 4.78 is 29.8. The number of halogens is 1. The van der Waals surface area contributed by atoms with Gasteiger partial charge in [-0.05, 0) is 47.2 Å². The molecule has 2 atom stereocenters. The van der Waals surface area contributed by atoms with E-state index in [4.69, 9.17) is 16.3 Å². The Hall–Kier alpha value is -1.60. The summed E-state index contributed by atoms with van der Waals surface area (Å²) in [4.78, 5) is 2.08. The molecule has 0 amide bonds. The Balaban J connectivity index is 1.66. The maximum atomic E-state index is 12.1. The molecule has 0 aliphatic carbocycles. The van der Waals surface area contributed by atoms with E-state index in [1.54, 1.807) is 24.3 Å². The molecule has 0 saturated carbocycles. The molecule has 0 aromatic heterocycles. The first-order chi connectivity index (χ1) is 14.5. The Morgan fingerprint density at radius 1 is 1.13 bits per heavy atom. The molecule has 2 aromatic carbocycles. The lowest BCUT2D eigenvalue weighted by Crippen LogP contribution is -2.42. The van der Waals surface area contributed by atoms with Crippen LogP contribution in [0.15, 0.2) is 48.5 Å². The van der Waals surface area contributed by atoms with Crippen molar-refractivity contribution in [1.29, 1.82) is 0 Å². The molecule has 1 aliphatic heterocycles. The van der Waals surface area contributed by atoms with Gasteiger partial charge in [0.2, 0.25) is 0 Å². The summed E-state index contributed by atoms with van der Waals surface area (Å²) in [5, 5.41) is 11.2. The molecule has 7 heteroatoms. The number of rotatable bonds is 8. The number of aliphatic hydroxyl groups is 1. The monoisotopic (exact) mass is 465 g/mol. The summed E-state index contributed by atoms with van der Waals surface area (Å²) >= 11 is 5.89. The fourth-order valence-corrected chi connectivity index (χ4v) is 5.68. The Bertz CT molecular complexity index is 953. The lowest BCUT2D eigenvalue weighted by Gasteiger charge is -2.30. The highest BCUT2D eigenvalue weighted by molar-refractivity contribution is 7.91. The predicted octanol–water partition coefficient (Wildman–Crippen LogP) is 4.07. The Kier molecular flexibility index (Phi) is 7.68. The molecule has 1 saturated heterocycles.